The van der Waals surface area contributed by atoms with E-state index in [9.17, 15) is 4.79 Å². The molecule has 1 aliphatic heterocycles. The highest BCUT2D eigenvalue weighted by Gasteiger charge is 2.15. The van der Waals surface area contributed by atoms with Crippen molar-refractivity contribution in [2.24, 2.45) is 0 Å². The Bertz CT molecular complexity index is 702. The SMILES string of the molecule is C[C@@H]1CN(Cc2cccc(NC(=O)c3ccc(Cl)cc3)c2)CCN1. The molecule has 0 radical (unpaired) electrons. The molecule has 4 nitrogen and oxygen atoms in total. The molecule has 2 aromatic carbocycles. The minimum absolute atomic E-state index is 0.125. The first-order valence-corrected chi connectivity index (χ1v) is 8.59. The Hall–Kier alpha value is -1.88. The van der Waals surface area contributed by atoms with Gasteiger partial charge in [-0.3, -0.25) is 9.69 Å². The van der Waals surface area contributed by atoms with Gasteiger partial charge in [0.25, 0.3) is 5.91 Å². The lowest BCUT2D eigenvalue weighted by molar-refractivity contribution is 0.102. The van der Waals surface area contributed by atoms with Gasteiger partial charge in [-0.05, 0) is 48.9 Å². The summed E-state index contributed by atoms with van der Waals surface area (Å²) in [6, 6.07) is 15.5. The minimum Gasteiger partial charge on any atom is -0.322 e. The van der Waals surface area contributed by atoms with Crippen molar-refractivity contribution in [1.29, 1.82) is 0 Å². The summed E-state index contributed by atoms with van der Waals surface area (Å²) in [5, 5.41) is 7.02. The van der Waals surface area contributed by atoms with Crippen molar-refractivity contribution in [3.8, 4) is 0 Å². The summed E-state index contributed by atoms with van der Waals surface area (Å²) < 4.78 is 0. The summed E-state index contributed by atoms with van der Waals surface area (Å²) >= 11 is 5.86. The molecule has 1 heterocycles. The van der Waals surface area contributed by atoms with Gasteiger partial charge in [0.1, 0.15) is 0 Å². The number of carbonyl (C=O) groups excluding carboxylic acids is 1. The van der Waals surface area contributed by atoms with Crippen LogP contribution in [0.5, 0.6) is 0 Å². The molecule has 2 aromatic rings. The standard InChI is InChI=1S/C19H22ClN3O/c1-14-12-23(10-9-21-14)13-15-3-2-4-18(11-15)22-19(24)16-5-7-17(20)8-6-16/h2-8,11,14,21H,9-10,12-13H2,1H3,(H,22,24)/t14-/m1/s1. The summed E-state index contributed by atoms with van der Waals surface area (Å²) in [6.45, 7) is 6.22. The zero-order valence-electron chi connectivity index (χ0n) is 13.8. The van der Waals surface area contributed by atoms with Crippen LogP contribution in [0.2, 0.25) is 5.02 Å². The summed E-state index contributed by atoms with van der Waals surface area (Å²) in [4.78, 5) is 14.7. The van der Waals surface area contributed by atoms with Crippen molar-refractivity contribution >= 4 is 23.2 Å². The molecule has 0 aliphatic carbocycles. The van der Waals surface area contributed by atoms with Crippen LogP contribution >= 0.6 is 11.6 Å². The first kappa shape index (κ1) is 17.0. The number of piperazine rings is 1. The maximum absolute atomic E-state index is 12.3. The third kappa shape index (κ3) is 4.57. The Morgan fingerprint density at radius 1 is 1.29 bits per heavy atom. The van der Waals surface area contributed by atoms with Gasteiger partial charge in [0.15, 0.2) is 0 Å². The number of rotatable bonds is 4. The summed E-state index contributed by atoms with van der Waals surface area (Å²) in [5.41, 5.74) is 2.62. The normalized spacial score (nSPS) is 18.3. The summed E-state index contributed by atoms with van der Waals surface area (Å²) in [7, 11) is 0. The second kappa shape index (κ2) is 7.79. The lowest BCUT2D eigenvalue weighted by Crippen LogP contribution is -2.48. The summed E-state index contributed by atoms with van der Waals surface area (Å²) in [6.07, 6.45) is 0. The monoisotopic (exact) mass is 343 g/mol. The fraction of sp³-hybridized carbons (Fsp3) is 0.316. The fourth-order valence-corrected chi connectivity index (χ4v) is 3.09. The topological polar surface area (TPSA) is 44.4 Å². The molecular formula is C19H22ClN3O. The van der Waals surface area contributed by atoms with Gasteiger partial charge in [0.05, 0.1) is 0 Å². The van der Waals surface area contributed by atoms with E-state index in [1.807, 2.05) is 18.2 Å². The van der Waals surface area contributed by atoms with Crippen LogP contribution in [-0.2, 0) is 6.54 Å². The van der Waals surface area contributed by atoms with Crippen LogP contribution in [0.1, 0.15) is 22.8 Å². The second-order valence-electron chi connectivity index (χ2n) is 6.25. The molecular weight excluding hydrogens is 322 g/mol. The van der Waals surface area contributed by atoms with Gasteiger partial charge in [-0.1, -0.05) is 23.7 Å². The molecule has 0 saturated carbocycles. The summed E-state index contributed by atoms with van der Waals surface area (Å²) in [5.74, 6) is -0.125. The quantitative estimate of drug-likeness (QED) is 0.894. The Labute approximate surface area is 147 Å². The lowest BCUT2D eigenvalue weighted by Gasteiger charge is -2.31. The van der Waals surface area contributed by atoms with E-state index in [0.29, 0.717) is 16.6 Å². The van der Waals surface area contributed by atoms with Crippen molar-refractivity contribution < 1.29 is 4.79 Å². The van der Waals surface area contributed by atoms with E-state index in [-0.39, 0.29) is 5.91 Å². The van der Waals surface area contributed by atoms with E-state index in [0.717, 1.165) is 31.9 Å². The Morgan fingerprint density at radius 3 is 2.83 bits per heavy atom. The average Bonchev–Trinajstić information content (AvgIpc) is 2.56. The smallest absolute Gasteiger partial charge is 0.255 e. The molecule has 0 unspecified atom stereocenters. The number of halogens is 1. The zero-order valence-corrected chi connectivity index (χ0v) is 14.5. The third-order valence-electron chi connectivity index (χ3n) is 4.15. The molecule has 3 rings (SSSR count). The van der Waals surface area contributed by atoms with Gasteiger partial charge >= 0.3 is 0 Å². The highest BCUT2D eigenvalue weighted by molar-refractivity contribution is 6.30. The van der Waals surface area contributed by atoms with Crippen LogP contribution in [0.25, 0.3) is 0 Å². The molecule has 1 saturated heterocycles. The predicted octanol–water partition coefficient (Wildman–Crippen LogP) is 3.39. The highest BCUT2D eigenvalue weighted by atomic mass is 35.5. The van der Waals surface area contributed by atoms with E-state index < -0.39 is 0 Å². The van der Waals surface area contributed by atoms with E-state index in [2.05, 4.69) is 28.5 Å². The molecule has 1 atom stereocenters. The lowest BCUT2D eigenvalue weighted by atomic mass is 10.1. The van der Waals surface area contributed by atoms with Gasteiger partial charge in [-0.2, -0.15) is 0 Å². The molecule has 24 heavy (non-hydrogen) atoms. The van der Waals surface area contributed by atoms with Gasteiger partial charge in [0, 0.05) is 48.5 Å². The first-order valence-electron chi connectivity index (χ1n) is 8.22. The van der Waals surface area contributed by atoms with Crippen molar-refractivity contribution in [3.05, 3.63) is 64.7 Å². The molecule has 0 spiro atoms. The second-order valence-corrected chi connectivity index (χ2v) is 6.69. The van der Waals surface area contributed by atoms with E-state index in [1.165, 1.54) is 5.56 Å². The molecule has 126 valence electrons. The van der Waals surface area contributed by atoms with Gasteiger partial charge in [-0.15, -0.1) is 0 Å². The first-order chi connectivity index (χ1) is 11.6. The molecule has 1 aliphatic rings. The van der Waals surface area contributed by atoms with Crippen molar-refractivity contribution in [2.75, 3.05) is 25.0 Å². The van der Waals surface area contributed by atoms with Crippen molar-refractivity contribution in [3.63, 3.8) is 0 Å². The number of benzene rings is 2. The van der Waals surface area contributed by atoms with E-state index in [4.69, 9.17) is 11.6 Å². The number of nitrogens with one attached hydrogen (secondary N) is 2. The molecule has 5 heteroatoms. The van der Waals surface area contributed by atoms with E-state index >= 15 is 0 Å². The van der Waals surface area contributed by atoms with Gasteiger partial charge < -0.3 is 10.6 Å². The van der Waals surface area contributed by atoms with E-state index in [1.54, 1.807) is 24.3 Å². The molecule has 0 bridgehead atoms. The van der Waals surface area contributed by atoms with Crippen LogP contribution < -0.4 is 10.6 Å². The van der Waals surface area contributed by atoms with Crippen molar-refractivity contribution in [2.45, 2.75) is 19.5 Å². The number of carbonyl (C=O) groups is 1. The largest absolute Gasteiger partial charge is 0.322 e. The maximum atomic E-state index is 12.3. The number of anilines is 1. The average molecular weight is 344 g/mol. The molecule has 2 N–H and O–H groups in total. The van der Waals surface area contributed by atoms with Crippen LogP contribution in [0.15, 0.2) is 48.5 Å². The number of hydrogen-bond donors (Lipinski definition) is 2. The maximum Gasteiger partial charge on any atom is 0.255 e. The Morgan fingerprint density at radius 2 is 2.08 bits per heavy atom. The third-order valence-corrected chi connectivity index (χ3v) is 4.40. The van der Waals surface area contributed by atoms with Gasteiger partial charge in [-0.25, -0.2) is 0 Å². The van der Waals surface area contributed by atoms with Crippen LogP contribution in [0, 0.1) is 0 Å². The Kier molecular flexibility index (Phi) is 5.51. The number of nitrogens with zero attached hydrogens (tertiary/aromatic N) is 1. The van der Waals surface area contributed by atoms with Gasteiger partial charge in [0.2, 0.25) is 0 Å². The predicted molar refractivity (Wildman–Crippen MR) is 98.6 cm³/mol. The van der Waals surface area contributed by atoms with Crippen LogP contribution in [-0.4, -0.2) is 36.5 Å². The zero-order chi connectivity index (χ0) is 16.9. The van der Waals surface area contributed by atoms with Crippen LogP contribution in [0.4, 0.5) is 5.69 Å². The van der Waals surface area contributed by atoms with Crippen molar-refractivity contribution in [1.82, 2.24) is 10.2 Å². The minimum atomic E-state index is -0.125. The Balaban J connectivity index is 1.64. The number of amides is 1. The number of hydrogen-bond acceptors (Lipinski definition) is 3. The molecule has 1 fully saturated rings. The van der Waals surface area contributed by atoms with Crippen LogP contribution in [0.3, 0.4) is 0 Å². The molecule has 1 amide bonds. The molecule has 0 aromatic heterocycles. The highest BCUT2D eigenvalue weighted by Crippen LogP contribution is 2.16. The fourth-order valence-electron chi connectivity index (χ4n) is 2.97.